The highest BCUT2D eigenvalue weighted by atomic mass is 13.6. The van der Waals surface area contributed by atoms with E-state index in [4.69, 9.17) is 0 Å². The van der Waals surface area contributed by atoms with Gasteiger partial charge in [0.1, 0.15) is 0 Å². The molecule has 0 saturated heterocycles. The monoisotopic (exact) mass is 140 g/mol. The zero-order valence-electron chi connectivity index (χ0n) is 5.46. The fourth-order valence-electron chi connectivity index (χ4n) is 0.385. The Kier molecular flexibility index (Phi) is 25.3. The van der Waals surface area contributed by atoms with Crippen molar-refractivity contribution in [3.05, 3.63) is 36.4 Å². The Morgan fingerprint density at radius 3 is 0.700 bits per heavy atom. The Balaban J connectivity index is -0.000000114. The Morgan fingerprint density at radius 1 is 0.500 bits per heavy atom. The lowest BCUT2D eigenvalue weighted by Gasteiger charge is -1.69. The standard InChI is InChI=1S/C6H6.C2H6.2CH4/c1-2-4-6-5-3-1;1-2;;/h1-6H;1-2H3;2*1H4. The number of benzene rings is 1. The first-order valence-electron chi connectivity index (χ1n) is 3.00. The molecule has 0 saturated carbocycles. The van der Waals surface area contributed by atoms with Crippen LogP contribution in [-0.4, -0.2) is 0 Å². The van der Waals surface area contributed by atoms with Crippen LogP contribution in [0.15, 0.2) is 36.4 Å². The molecule has 0 spiro atoms. The minimum atomic E-state index is 0. The van der Waals surface area contributed by atoms with Crippen LogP contribution in [0.25, 0.3) is 0 Å². The van der Waals surface area contributed by atoms with E-state index in [1.165, 1.54) is 0 Å². The molecule has 0 bridgehead atoms. The van der Waals surface area contributed by atoms with Crippen LogP contribution in [-0.2, 0) is 0 Å². The van der Waals surface area contributed by atoms with Gasteiger partial charge in [0.2, 0.25) is 0 Å². The minimum absolute atomic E-state index is 0. The lowest BCUT2D eigenvalue weighted by Crippen LogP contribution is -1.47. The second-order valence-electron chi connectivity index (χ2n) is 1.15. The Labute approximate surface area is 65.9 Å². The van der Waals surface area contributed by atoms with E-state index in [0.717, 1.165) is 0 Å². The highest BCUT2D eigenvalue weighted by molar-refractivity contribution is 4.99. The first kappa shape index (κ1) is 16.1. The fraction of sp³-hybridized carbons (Fsp3) is 0.400. The zero-order valence-corrected chi connectivity index (χ0v) is 5.46. The minimum Gasteiger partial charge on any atom is -0.0776 e. The van der Waals surface area contributed by atoms with Gasteiger partial charge in [0.15, 0.2) is 0 Å². The van der Waals surface area contributed by atoms with E-state index in [0.29, 0.717) is 0 Å². The van der Waals surface area contributed by atoms with E-state index in [-0.39, 0.29) is 14.9 Å². The molecule has 0 aliphatic heterocycles. The van der Waals surface area contributed by atoms with Crippen molar-refractivity contribution in [2.45, 2.75) is 28.7 Å². The van der Waals surface area contributed by atoms with Crippen LogP contribution in [0.1, 0.15) is 28.7 Å². The third-order valence-corrected chi connectivity index (χ3v) is 0.667. The highest BCUT2D eigenvalue weighted by Crippen LogP contribution is 1.79. The summed E-state index contributed by atoms with van der Waals surface area (Å²) in [7, 11) is 0. The maximum Gasteiger partial charge on any atom is -0.0623 e. The first-order valence-corrected chi connectivity index (χ1v) is 3.00. The van der Waals surface area contributed by atoms with Crippen LogP contribution in [0.3, 0.4) is 0 Å². The summed E-state index contributed by atoms with van der Waals surface area (Å²) in [6.07, 6.45) is 0. The van der Waals surface area contributed by atoms with Gasteiger partial charge in [-0.1, -0.05) is 65.1 Å². The molecule has 1 aromatic carbocycles. The molecule has 0 aliphatic carbocycles. The fourth-order valence-corrected chi connectivity index (χ4v) is 0.385. The number of rotatable bonds is 0. The van der Waals surface area contributed by atoms with Crippen LogP contribution in [0, 0.1) is 0 Å². The summed E-state index contributed by atoms with van der Waals surface area (Å²) in [5.74, 6) is 0. The molecule has 0 heteroatoms. The average molecular weight is 140 g/mol. The smallest absolute Gasteiger partial charge is 0.0623 e. The molecule has 0 N–H and O–H groups in total. The van der Waals surface area contributed by atoms with Crippen molar-refractivity contribution < 1.29 is 0 Å². The summed E-state index contributed by atoms with van der Waals surface area (Å²) < 4.78 is 0. The van der Waals surface area contributed by atoms with Crippen molar-refractivity contribution in [1.29, 1.82) is 0 Å². The molecule has 0 radical (unpaired) electrons. The maximum absolute atomic E-state index is 2.00. The predicted octanol–water partition coefficient (Wildman–Crippen LogP) is 3.99. The third kappa shape index (κ3) is 10.3. The van der Waals surface area contributed by atoms with Crippen LogP contribution >= 0.6 is 0 Å². The molecule has 10 heavy (non-hydrogen) atoms. The van der Waals surface area contributed by atoms with Gasteiger partial charge in [-0.2, -0.15) is 0 Å². The predicted molar refractivity (Wildman–Crippen MR) is 51.3 cm³/mol. The van der Waals surface area contributed by atoms with Crippen LogP contribution in [0.5, 0.6) is 0 Å². The van der Waals surface area contributed by atoms with Gasteiger partial charge in [-0.3, -0.25) is 0 Å². The summed E-state index contributed by atoms with van der Waals surface area (Å²) in [5, 5.41) is 0. The third-order valence-electron chi connectivity index (χ3n) is 0.667. The molecular formula is C10H20. The quantitative estimate of drug-likeness (QED) is 0.511. The van der Waals surface area contributed by atoms with E-state index in [2.05, 4.69) is 0 Å². The molecule has 0 fully saturated rings. The second-order valence-corrected chi connectivity index (χ2v) is 1.15. The summed E-state index contributed by atoms with van der Waals surface area (Å²) in [6.45, 7) is 4.00. The Bertz CT molecular complexity index is 72.0. The number of hydrogen-bond donors (Lipinski definition) is 0. The van der Waals surface area contributed by atoms with E-state index < -0.39 is 0 Å². The topological polar surface area (TPSA) is 0 Å². The molecule has 0 atom stereocenters. The molecule has 1 rings (SSSR count). The van der Waals surface area contributed by atoms with E-state index in [1.54, 1.807) is 0 Å². The molecule has 0 heterocycles. The van der Waals surface area contributed by atoms with Gasteiger partial charge < -0.3 is 0 Å². The Hall–Kier alpha value is -0.780. The van der Waals surface area contributed by atoms with Gasteiger partial charge in [0, 0.05) is 0 Å². The average Bonchev–Trinajstić information content (AvgIpc) is 1.96. The van der Waals surface area contributed by atoms with Crippen LogP contribution in [0.4, 0.5) is 0 Å². The lowest BCUT2D eigenvalue weighted by molar-refractivity contribution is 1.50. The van der Waals surface area contributed by atoms with E-state index >= 15 is 0 Å². The second kappa shape index (κ2) is 15.7. The van der Waals surface area contributed by atoms with Gasteiger partial charge in [-0.05, 0) is 0 Å². The highest BCUT2D eigenvalue weighted by Gasteiger charge is 1.57. The molecule has 1 aromatic rings. The van der Waals surface area contributed by atoms with Gasteiger partial charge >= 0.3 is 0 Å². The molecule has 0 amide bonds. The summed E-state index contributed by atoms with van der Waals surface area (Å²) in [5.41, 5.74) is 0. The van der Waals surface area contributed by atoms with Crippen molar-refractivity contribution in [3.8, 4) is 0 Å². The van der Waals surface area contributed by atoms with Crippen molar-refractivity contribution in [1.82, 2.24) is 0 Å². The van der Waals surface area contributed by atoms with E-state index in [9.17, 15) is 0 Å². The van der Waals surface area contributed by atoms with Gasteiger partial charge in [-0.25, -0.2) is 0 Å². The van der Waals surface area contributed by atoms with Crippen molar-refractivity contribution in [2.75, 3.05) is 0 Å². The Morgan fingerprint density at radius 2 is 0.600 bits per heavy atom. The van der Waals surface area contributed by atoms with Crippen molar-refractivity contribution in [3.63, 3.8) is 0 Å². The summed E-state index contributed by atoms with van der Waals surface area (Å²) in [6, 6.07) is 12.0. The molecule has 0 aliphatic rings. The lowest BCUT2D eigenvalue weighted by atomic mass is 10.4. The number of hydrogen-bond acceptors (Lipinski definition) is 0. The van der Waals surface area contributed by atoms with Gasteiger partial charge in [0.25, 0.3) is 0 Å². The largest absolute Gasteiger partial charge is 0.0776 e. The normalized spacial score (nSPS) is 5.40. The van der Waals surface area contributed by atoms with Crippen molar-refractivity contribution in [2.24, 2.45) is 0 Å². The summed E-state index contributed by atoms with van der Waals surface area (Å²) in [4.78, 5) is 0. The van der Waals surface area contributed by atoms with E-state index in [1.807, 2.05) is 50.2 Å². The van der Waals surface area contributed by atoms with Crippen LogP contribution < -0.4 is 0 Å². The molecule has 0 nitrogen and oxygen atoms in total. The summed E-state index contributed by atoms with van der Waals surface area (Å²) >= 11 is 0. The molecular weight excluding hydrogens is 120 g/mol. The van der Waals surface area contributed by atoms with Gasteiger partial charge in [-0.15, -0.1) is 0 Å². The zero-order chi connectivity index (χ0) is 6.24. The van der Waals surface area contributed by atoms with Gasteiger partial charge in [0.05, 0.1) is 0 Å². The molecule has 0 aromatic heterocycles. The molecule has 0 unspecified atom stereocenters. The molecule has 60 valence electrons. The van der Waals surface area contributed by atoms with Crippen LogP contribution in [0.2, 0.25) is 0 Å². The first-order chi connectivity index (χ1) is 4.00. The SMILES string of the molecule is C.C.CC.c1ccccc1. The van der Waals surface area contributed by atoms with Crippen molar-refractivity contribution >= 4 is 0 Å². The maximum atomic E-state index is 2.00.